The van der Waals surface area contributed by atoms with Crippen molar-refractivity contribution in [3.8, 4) is 0 Å². The molecule has 2 rings (SSSR count). The standard InChI is InChI=1S/C15H20F4N2/c16-12-5-4-11(14(9-12)15(17,18)19)10-21-8-2-1-3-13(21)6-7-20/h4-5,9,13H,1-3,6-8,10,20H2. The third kappa shape index (κ3) is 4.17. The highest BCUT2D eigenvalue weighted by atomic mass is 19.4. The van der Waals surface area contributed by atoms with Crippen molar-refractivity contribution in [2.24, 2.45) is 5.73 Å². The Hall–Kier alpha value is -1.14. The van der Waals surface area contributed by atoms with Crippen LogP contribution in [-0.4, -0.2) is 24.0 Å². The van der Waals surface area contributed by atoms with E-state index in [2.05, 4.69) is 0 Å². The quantitative estimate of drug-likeness (QED) is 0.862. The van der Waals surface area contributed by atoms with E-state index in [1.165, 1.54) is 6.07 Å². The molecule has 2 nitrogen and oxygen atoms in total. The number of likely N-dealkylation sites (tertiary alicyclic amines) is 1. The van der Waals surface area contributed by atoms with Crippen LogP contribution in [0.3, 0.4) is 0 Å². The van der Waals surface area contributed by atoms with Crippen LogP contribution in [0.4, 0.5) is 17.6 Å². The highest BCUT2D eigenvalue weighted by molar-refractivity contribution is 5.30. The number of nitrogens with two attached hydrogens (primary N) is 1. The summed E-state index contributed by atoms with van der Waals surface area (Å²) in [5.41, 5.74) is 4.83. The maximum absolute atomic E-state index is 13.1. The Kier molecular flexibility index (Phi) is 5.22. The Bertz CT molecular complexity index is 471. The predicted octanol–water partition coefficient (Wildman–Crippen LogP) is 3.55. The monoisotopic (exact) mass is 304 g/mol. The lowest BCUT2D eigenvalue weighted by Gasteiger charge is -2.36. The van der Waals surface area contributed by atoms with Crippen molar-refractivity contribution in [2.45, 2.75) is 44.4 Å². The van der Waals surface area contributed by atoms with Gasteiger partial charge in [-0.05, 0) is 50.0 Å². The maximum atomic E-state index is 13.1. The highest BCUT2D eigenvalue weighted by Crippen LogP contribution is 2.34. The van der Waals surface area contributed by atoms with Crippen LogP contribution in [-0.2, 0) is 12.7 Å². The van der Waals surface area contributed by atoms with Gasteiger partial charge in [0.05, 0.1) is 5.56 Å². The van der Waals surface area contributed by atoms with Gasteiger partial charge in [-0.1, -0.05) is 12.5 Å². The molecule has 0 radical (unpaired) electrons. The molecule has 1 aliphatic heterocycles. The van der Waals surface area contributed by atoms with Gasteiger partial charge in [-0.3, -0.25) is 4.90 Å². The van der Waals surface area contributed by atoms with Crippen LogP contribution in [0.1, 0.15) is 36.8 Å². The molecule has 0 bridgehead atoms. The molecule has 1 atom stereocenters. The molecule has 0 aliphatic carbocycles. The Morgan fingerprint density at radius 3 is 2.67 bits per heavy atom. The van der Waals surface area contributed by atoms with E-state index in [0.717, 1.165) is 38.3 Å². The van der Waals surface area contributed by atoms with Gasteiger partial charge in [0.25, 0.3) is 0 Å². The SMILES string of the molecule is NCCC1CCCCN1Cc1ccc(F)cc1C(F)(F)F. The molecule has 1 aromatic carbocycles. The maximum Gasteiger partial charge on any atom is 0.416 e. The lowest BCUT2D eigenvalue weighted by atomic mass is 9.97. The molecule has 118 valence electrons. The van der Waals surface area contributed by atoms with E-state index in [0.29, 0.717) is 12.6 Å². The lowest BCUT2D eigenvalue weighted by molar-refractivity contribution is -0.138. The van der Waals surface area contributed by atoms with Gasteiger partial charge in [0.15, 0.2) is 0 Å². The first-order chi connectivity index (χ1) is 9.91. The molecule has 0 aromatic heterocycles. The van der Waals surface area contributed by atoms with Crippen molar-refractivity contribution in [2.75, 3.05) is 13.1 Å². The van der Waals surface area contributed by atoms with Crippen LogP contribution >= 0.6 is 0 Å². The van der Waals surface area contributed by atoms with E-state index < -0.39 is 17.6 Å². The second-order valence-electron chi connectivity index (χ2n) is 5.50. The smallest absolute Gasteiger partial charge is 0.330 e. The molecule has 1 heterocycles. The molecular formula is C15H20F4N2. The van der Waals surface area contributed by atoms with Crippen molar-refractivity contribution in [3.05, 3.63) is 35.1 Å². The average molecular weight is 304 g/mol. The molecule has 1 fully saturated rings. The fourth-order valence-electron chi connectivity index (χ4n) is 2.96. The first-order valence-electron chi connectivity index (χ1n) is 7.21. The van der Waals surface area contributed by atoms with E-state index in [-0.39, 0.29) is 18.2 Å². The number of halogens is 4. The van der Waals surface area contributed by atoms with Crippen LogP contribution < -0.4 is 5.73 Å². The molecule has 1 saturated heterocycles. The lowest BCUT2D eigenvalue weighted by Crippen LogP contribution is -2.40. The van der Waals surface area contributed by atoms with Crippen molar-refractivity contribution < 1.29 is 17.6 Å². The third-order valence-electron chi connectivity index (χ3n) is 4.00. The third-order valence-corrected chi connectivity index (χ3v) is 4.00. The molecule has 1 aliphatic rings. The van der Waals surface area contributed by atoms with Crippen molar-refractivity contribution >= 4 is 0 Å². The zero-order valence-electron chi connectivity index (χ0n) is 11.8. The van der Waals surface area contributed by atoms with Crippen molar-refractivity contribution in [1.29, 1.82) is 0 Å². The van der Waals surface area contributed by atoms with Crippen LogP contribution in [0.5, 0.6) is 0 Å². The molecule has 0 amide bonds. The van der Waals surface area contributed by atoms with Gasteiger partial charge in [-0.15, -0.1) is 0 Å². The summed E-state index contributed by atoms with van der Waals surface area (Å²) in [7, 11) is 0. The minimum Gasteiger partial charge on any atom is -0.330 e. The largest absolute Gasteiger partial charge is 0.416 e. The summed E-state index contributed by atoms with van der Waals surface area (Å²) >= 11 is 0. The molecule has 1 aromatic rings. The molecule has 1 unspecified atom stereocenters. The average Bonchev–Trinajstić information content (AvgIpc) is 2.42. The highest BCUT2D eigenvalue weighted by Gasteiger charge is 2.34. The van der Waals surface area contributed by atoms with Crippen molar-refractivity contribution in [1.82, 2.24) is 4.90 Å². The van der Waals surface area contributed by atoms with Crippen LogP contribution in [0.15, 0.2) is 18.2 Å². The summed E-state index contributed by atoms with van der Waals surface area (Å²) in [4.78, 5) is 2.04. The summed E-state index contributed by atoms with van der Waals surface area (Å²) in [5.74, 6) is -0.858. The van der Waals surface area contributed by atoms with Gasteiger partial charge >= 0.3 is 6.18 Å². The number of alkyl halides is 3. The Balaban J connectivity index is 2.21. The van der Waals surface area contributed by atoms with E-state index >= 15 is 0 Å². The number of rotatable bonds is 4. The van der Waals surface area contributed by atoms with E-state index in [1.54, 1.807) is 0 Å². The number of benzene rings is 1. The number of piperidine rings is 1. The van der Waals surface area contributed by atoms with Crippen molar-refractivity contribution in [3.63, 3.8) is 0 Å². The zero-order valence-corrected chi connectivity index (χ0v) is 11.8. The second kappa shape index (κ2) is 6.75. The Morgan fingerprint density at radius 2 is 2.00 bits per heavy atom. The summed E-state index contributed by atoms with van der Waals surface area (Å²) in [5, 5.41) is 0. The normalized spacial score (nSPS) is 20.7. The van der Waals surface area contributed by atoms with E-state index in [9.17, 15) is 17.6 Å². The first-order valence-corrected chi connectivity index (χ1v) is 7.21. The second-order valence-corrected chi connectivity index (χ2v) is 5.50. The molecule has 2 N–H and O–H groups in total. The Labute approximate surface area is 121 Å². The minimum absolute atomic E-state index is 0.132. The fraction of sp³-hybridized carbons (Fsp3) is 0.600. The molecular weight excluding hydrogens is 284 g/mol. The summed E-state index contributed by atoms with van der Waals surface area (Å²) in [6, 6.07) is 3.13. The van der Waals surface area contributed by atoms with Gasteiger partial charge in [0, 0.05) is 12.6 Å². The number of hydrogen-bond acceptors (Lipinski definition) is 2. The first kappa shape index (κ1) is 16.2. The molecule has 0 spiro atoms. The van der Waals surface area contributed by atoms with E-state index in [1.807, 2.05) is 4.90 Å². The predicted molar refractivity (Wildman–Crippen MR) is 73.1 cm³/mol. The molecule has 6 heteroatoms. The van der Waals surface area contributed by atoms with Gasteiger partial charge < -0.3 is 5.73 Å². The number of hydrogen-bond donors (Lipinski definition) is 1. The van der Waals surface area contributed by atoms with E-state index in [4.69, 9.17) is 5.73 Å². The van der Waals surface area contributed by atoms with Crippen LogP contribution in [0.2, 0.25) is 0 Å². The Morgan fingerprint density at radius 1 is 1.24 bits per heavy atom. The topological polar surface area (TPSA) is 29.3 Å². The zero-order chi connectivity index (χ0) is 15.5. The van der Waals surface area contributed by atoms with Crippen LogP contribution in [0.25, 0.3) is 0 Å². The van der Waals surface area contributed by atoms with Gasteiger partial charge in [0.1, 0.15) is 5.82 Å². The minimum atomic E-state index is -4.53. The fourth-order valence-corrected chi connectivity index (χ4v) is 2.96. The number of nitrogens with zero attached hydrogens (tertiary/aromatic N) is 1. The van der Waals surface area contributed by atoms with Gasteiger partial charge in [0.2, 0.25) is 0 Å². The molecule has 21 heavy (non-hydrogen) atoms. The van der Waals surface area contributed by atoms with Gasteiger partial charge in [-0.2, -0.15) is 13.2 Å². The summed E-state index contributed by atoms with van der Waals surface area (Å²) in [6.07, 6.45) is -0.737. The van der Waals surface area contributed by atoms with Crippen LogP contribution in [0, 0.1) is 5.82 Å². The summed E-state index contributed by atoms with van der Waals surface area (Å²) < 4.78 is 52.2. The summed E-state index contributed by atoms with van der Waals surface area (Å²) in [6.45, 7) is 1.48. The van der Waals surface area contributed by atoms with Gasteiger partial charge in [-0.25, -0.2) is 4.39 Å². The molecule has 0 saturated carbocycles.